The number of amides is 1. The fourth-order valence-corrected chi connectivity index (χ4v) is 5.71. The van der Waals surface area contributed by atoms with Crippen LogP contribution in [0.25, 0.3) is 10.2 Å². The van der Waals surface area contributed by atoms with Crippen LogP contribution in [0, 0.1) is 13.8 Å². The van der Waals surface area contributed by atoms with Gasteiger partial charge < -0.3 is 4.57 Å². The Morgan fingerprint density at radius 3 is 2.78 bits per heavy atom. The number of nitrogens with zero attached hydrogens (tertiary/aromatic N) is 4. The number of imidazole rings is 1. The molecule has 0 N–H and O–H groups in total. The highest BCUT2D eigenvalue weighted by atomic mass is 35.5. The fraction of sp³-hybridized carbons (Fsp3) is 0.292. The standard InChI is InChI=1S/C24H25ClN4OS2/c1-17-14-18(2)23-21(15-17)32-24(27-23)29(11-3-10-28-12-9-26-16-28)22(30)8-13-31-20-6-4-19(25)5-7-20/h4-7,9,12,14-16H,3,8,10-11,13H2,1-2H3. The summed E-state index contributed by atoms with van der Waals surface area (Å²) in [5, 5.41) is 1.50. The van der Waals surface area contributed by atoms with E-state index in [9.17, 15) is 4.79 Å². The average Bonchev–Trinajstić information content (AvgIpc) is 3.42. The number of anilines is 1. The molecule has 32 heavy (non-hydrogen) atoms. The van der Waals surface area contributed by atoms with Gasteiger partial charge in [-0.1, -0.05) is 29.0 Å². The number of carbonyl (C=O) groups is 1. The molecule has 0 saturated heterocycles. The number of rotatable bonds is 9. The molecule has 1 amide bonds. The normalized spacial score (nSPS) is 11.2. The van der Waals surface area contributed by atoms with Gasteiger partial charge in [-0.05, 0) is 61.7 Å². The summed E-state index contributed by atoms with van der Waals surface area (Å²) >= 11 is 9.22. The summed E-state index contributed by atoms with van der Waals surface area (Å²) in [6, 6.07) is 12.0. The molecule has 0 unspecified atom stereocenters. The molecule has 5 nitrogen and oxygen atoms in total. The van der Waals surface area contributed by atoms with E-state index in [2.05, 4.69) is 31.0 Å². The molecule has 4 aromatic rings. The van der Waals surface area contributed by atoms with Crippen molar-refractivity contribution in [1.29, 1.82) is 0 Å². The van der Waals surface area contributed by atoms with Gasteiger partial charge in [0.05, 0.1) is 16.5 Å². The molecule has 0 fully saturated rings. The Kier molecular flexibility index (Phi) is 7.50. The van der Waals surface area contributed by atoms with E-state index in [0.717, 1.165) is 43.8 Å². The van der Waals surface area contributed by atoms with Gasteiger partial charge in [0.2, 0.25) is 5.91 Å². The zero-order valence-electron chi connectivity index (χ0n) is 18.1. The largest absolute Gasteiger partial charge is 0.337 e. The Morgan fingerprint density at radius 1 is 1.22 bits per heavy atom. The van der Waals surface area contributed by atoms with E-state index in [0.29, 0.717) is 18.7 Å². The second kappa shape index (κ2) is 10.5. The Labute approximate surface area is 201 Å². The van der Waals surface area contributed by atoms with Crippen LogP contribution in [0.4, 0.5) is 5.13 Å². The number of aryl methyl sites for hydroxylation is 3. The summed E-state index contributed by atoms with van der Waals surface area (Å²) in [4.78, 5) is 25.2. The van der Waals surface area contributed by atoms with E-state index >= 15 is 0 Å². The number of carbonyl (C=O) groups excluding carboxylic acids is 1. The molecule has 0 radical (unpaired) electrons. The highest BCUT2D eigenvalue weighted by molar-refractivity contribution is 7.99. The van der Waals surface area contributed by atoms with Crippen molar-refractivity contribution in [3.8, 4) is 0 Å². The van der Waals surface area contributed by atoms with E-state index in [1.807, 2.05) is 39.9 Å². The second-order valence-electron chi connectivity index (χ2n) is 7.68. The van der Waals surface area contributed by atoms with Crippen molar-refractivity contribution in [1.82, 2.24) is 14.5 Å². The van der Waals surface area contributed by atoms with Crippen LogP contribution in [0.1, 0.15) is 24.0 Å². The highest BCUT2D eigenvalue weighted by Gasteiger charge is 2.20. The fourth-order valence-electron chi connectivity index (χ4n) is 3.55. The minimum atomic E-state index is 0.102. The third-order valence-electron chi connectivity index (χ3n) is 5.11. The lowest BCUT2D eigenvalue weighted by molar-refractivity contribution is -0.118. The van der Waals surface area contributed by atoms with Crippen LogP contribution < -0.4 is 4.90 Å². The SMILES string of the molecule is Cc1cc(C)c2nc(N(CCCn3ccnc3)C(=O)CCSc3ccc(Cl)cc3)sc2c1. The van der Waals surface area contributed by atoms with Gasteiger partial charge in [0.1, 0.15) is 0 Å². The maximum Gasteiger partial charge on any atom is 0.229 e. The molecule has 4 rings (SSSR count). The molecular weight excluding hydrogens is 460 g/mol. The van der Waals surface area contributed by atoms with E-state index in [1.54, 1.807) is 35.6 Å². The van der Waals surface area contributed by atoms with Gasteiger partial charge in [-0.2, -0.15) is 0 Å². The number of halogens is 1. The molecule has 0 spiro atoms. The van der Waals surface area contributed by atoms with Crippen LogP contribution >= 0.6 is 34.7 Å². The lowest BCUT2D eigenvalue weighted by Crippen LogP contribution is -2.32. The van der Waals surface area contributed by atoms with Crippen LogP contribution in [0.3, 0.4) is 0 Å². The van der Waals surface area contributed by atoms with E-state index in [-0.39, 0.29) is 5.91 Å². The number of hydrogen-bond acceptors (Lipinski definition) is 5. The topological polar surface area (TPSA) is 51.0 Å². The van der Waals surface area contributed by atoms with Gasteiger partial charge in [-0.15, -0.1) is 11.8 Å². The quantitative estimate of drug-likeness (QED) is 0.259. The first-order valence-corrected chi connectivity index (χ1v) is 12.7. The molecule has 0 saturated carbocycles. The molecule has 2 aromatic carbocycles. The first kappa shape index (κ1) is 22.8. The summed E-state index contributed by atoms with van der Waals surface area (Å²) < 4.78 is 3.16. The predicted molar refractivity (Wildman–Crippen MR) is 135 cm³/mol. The van der Waals surface area contributed by atoms with Crippen molar-refractivity contribution in [3.63, 3.8) is 0 Å². The van der Waals surface area contributed by atoms with E-state index in [4.69, 9.17) is 16.6 Å². The van der Waals surface area contributed by atoms with E-state index < -0.39 is 0 Å². The number of benzene rings is 2. The van der Waals surface area contributed by atoms with Crippen LogP contribution in [0.2, 0.25) is 5.02 Å². The third-order valence-corrected chi connectivity index (χ3v) is 7.40. The van der Waals surface area contributed by atoms with Crippen LogP contribution in [-0.2, 0) is 11.3 Å². The average molecular weight is 485 g/mol. The summed E-state index contributed by atoms with van der Waals surface area (Å²) in [6.45, 7) is 5.60. The zero-order valence-corrected chi connectivity index (χ0v) is 20.5. The van der Waals surface area contributed by atoms with Gasteiger partial charge in [0.15, 0.2) is 5.13 Å². The molecular formula is C24H25ClN4OS2. The van der Waals surface area contributed by atoms with Crippen molar-refractivity contribution in [2.45, 2.75) is 38.1 Å². The minimum Gasteiger partial charge on any atom is -0.337 e. The Morgan fingerprint density at radius 2 is 2.03 bits per heavy atom. The van der Waals surface area contributed by atoms with E-state index in [1.165, 1.54) is 5.56 Å². The lowest BCUT2D eigenvalue weighted by Gasteiger charge is -2.20. The Hall–Kier alpha value is -2.35. The predicted octanol–water partition coefficient (Wildman–Crippen LogP) is 6.37. The Balaban J connectivity index is 1.48. The van der Waals surface area contributed by atoms with Crippen LogP contribution in [-0.4, -0.2) is 32.7 Å². The maximum absolute atomic E-state index is 13.2. The summed E-state index contributed by atoms with van der Waals surface area (Å²) in [7, 11) is 0. The van der Waals surface area contributed by atoms with Gasteiger partial charge in [0.25, 0.3) is 0 Å². The number of thioether (sulfide) groups is 1. The number of aromatic nitrogens is 3. The van der Waals surface area contributed by atoms with Gasteiger partial charge >= 0.3 is 0 Å². The molecule has 166 valence electrons. The first-order valence-electron chi connectivity index (χ1n) is 10.5. The first-order chi connectivity index (χ1) is 15.5. The van der Waals surface area contributed by atoms with Crippen LogP contribution in [0.15, 0.2) is 60.0 Å². The van der Waals surface area contributed by atoms with Gasteiger partial charge in [-0.25, -0.2) is 9.97 Å². The highest BCUT2D eigenvalue weighted by Crippen LogP contribution is 2.32. The second-order valence-corrected chi connectivity index (χ2v) is 10.3. The van der Waals surface area contributed by atoms with Crippen molar-refractivity contribution < 1.29 is 4.79 Å². The molecule has 0 aliphatic rings. The molecule has 0 bridgehead atoms. The molecule has 8 heteroatoms. The third kappa shape index (κ3) is 5.71. The van der Waals surface area contributed by atoms with Crippen molar-refractivity contribution in [2.75, 3.05) is 17.2 Å². The summed E-state index contributed by atoms with van der Waals surface area (Å²) in [5.41, 5.74) is 3.34. The Bertz CT molecular complexity index is 1190. The molecule has 2 aromatic heterocycles. The zero-order chi connectivity index (χ0) is 22.5. The van der Waals surface area contributed by atoms with Crippen molar-refractivity contribution in [3.05, 3.63) is 71.3 Å². The smallest absolute Gasteiger partial charge is 0.229 e. The molecule has 0 aliphatic carbocycles. The summed E-state index contributed by atoms with van der Waals surface area (Å²) in [6.07, 6.45) is 6.81. The maximum atomic E-state index is 13.2. The monoisotopic (exact) mass is 484 g/mol. The van der Waals surface area contributed by atoms with Crippen molar-refractivity contribution >= 4 is 56.0 Å². The van der Waals surface area contributed by atoms with Crippen LogP contribution in [0.5, 0.6) is 0 Å². The molecule has 0 atom stereocenters. The number of hydrogen-bond donors (Lipinski definition) is 0. The van der Waals surface area contributed by atoms with Gasteiger partial charge in [0, 0.05) is 47.6 Å². The molecule has 2 heterocycles. The number of fused-ring (bicyclic) bond motifs is 1. The lowest BCUT2D eigenvalue weighted by atomic mass is 10.1. The summed E-state index contributed by atoms with van der Waals surface area (Å²) in [5.74, 6) is 0.812. The van der Waals surface area contributed by atoms with Gasteiger partial charge in [-0.3, -0.25) is 9.69 Å². The van der Waals surface area contributed by atoms with Crippen molar-refractivity contribution in [2.24, 2.45) is 0 Å². The molecule has 0 aliphatic heterocycles. The minimum absolute atomic E-state index is 0.102. The number of thiazole rings is 1.